The van der Waals surface area contributed by atoms with Gasteiger partial charge in [0.15, 0.2) is 9.49 Å². The third-order valence-corrected chi connectivity index (χ3v) is 5.87. The number of primary amides is 1. The molecule has 1 saturated heterocycles. The molecule has 0 atom stereocenters. The van der Waals surface area contributed by atoms with E-state index < -0.39 is 6.09 Å². The Hall–Kier alpha value is -0.450. The van der Waals surface area contributed by atoms with Crippen molar-refractivity contribution in [2.75, 3.05) is 13.2 Å². The average Bonchev–Trinajstić information content (AvgIpc) is 2.99. The molecule has 20 heavy (non-hydrogen) atoms. The van der Waals surface area contributed by atoms with Gasteiger partial charge in [-0.25, -0.2) is 9.78 Å². The van der Waals surface area contributed by atoms with Gasteiger partial charge in [-0.15, -0.1) is 0 Å². The highest BCUT2D eigenvalue weighted by atomic mass is 127. The Balaban J connectivity index is 1.67. The molecule has 1 aliphatic heterocycles. The third-order valence-electron chi connectivity index (χ3n) is 3.68. The van der Waals surface area contributed by atoms with Crippen LogP contribution >= 0.6 is 33.9 Å². The van der Waals surface area contributed by atoms with Gasteiger partial charge in [-0.05, 0) is 35.4 Å². The number of rotatable bonds is 2. The van der Waals surface area contributed by atoms with Crippen molar-refractivity contribution in [3.05, 3.63) is 8.71 Å². The minimum absolute atomic E-state index is 0.354. The van der Waals surface area contributed by atoms with Crippen LogP contribution in [0.25, 0.3) is 0 Å². The molecule has 6 nitrogen and oxygen atoms in total. The van der Waals surface area contributed by atoms with Gasteiger partial charge < -0.3 is 19.9 Å². The molecule has 0 radical (unpaired) electrons. The first-order valence-corrected chi connectivity index (χ1v) is 8.39. The predicted octanol–water partition coefficient (Wildman–Crippen LogP) is 2.61. The van der Waals surface area contributed by atoms with Crippen molar-refractivity contribution < 1.29 is 19.0 Å². The molecular weight excluding hydrogens is 395 g/mol. The van der Waals surface area contributed by atoms with Gasteiger partial charge in [-0.3, -0.25) is 0 Å². The van der Waals surface area contributed by atoms with Gasteiger partial charge in [0.2, 0.25) is 5.06 Å². The van der Waals surface area contributed by atoms with Crippen LogP contribution in [0.2, 0.25) is 0 Å². The van der Waals surface area contributed by atoms with E-state index in [9.17, 15) is 4.79 Å². The van der Waals surface area contributed by atoms with Crippen molar-refractivity contribution in [1.82, 2.24) is 4.98 Å². The fourth-order valence-corrected chi connectivity index (χ4v) is 4.57. The summed E-state index contributed by atoms with van der Waals surface area (Å²) in [5, 5.41) is 1.49. The smallest absolute Gasteiger partial charge is 0.396 e. The van der Waals surface area contributed by atoms with Crippen molar-refractivity contribution >= 4 is 40.0 Å². The summed E-state index contributed by atoms with van der Waals surface area (Å²) in [7, 11) is 0. The number of nitrogens with two attached hydrogens (primary N) is 1. The second-order valence-corrected chi connectivity index (χ2v) is 6.95. The van der Waals surface area contributed by atoms with E-state index in [2.05, 4.69) is 27.6 Å². The van der Waals surface area contributed by atoms with Crippen LogP contribution in [0.4, 0.5) is 4.79 Å². The zero-order valence-electron chi connectivity index (χ0n) is 10.8. The number of carbonyl (C=O) groups is 1. The number of thiazole rings is 1. The summed E-state index contributed by atoms with van der Waals surface area (Å²) >= 11 is 3.46. The van der Waals surface area contributed by atoms with Crippen LogP contribution in [0.3, 0.4) is 0 Å². The molecule has 1 aromatic rings. The normalized spacial score (nSPS) is 22.2. The monoisotopic (exact) mass is 410 g/mol. The van der Waals surface area contributed by atoms with Crippen molar-refractivity contribution in [1.29, 1.82) is 0 Å². The molecule has 2 heterocycles. The SMILES string of the molecule is NC(=O)Oc1sc(C2CCC3(CC2)OCCO3)nc1I. The van der Waals surface area contributed by atoms with Gasteiger partial charge in [-0.1, -0.05) is 11.3 Å². The molecule has 3 rings (SSSR count). The van der Waals surface area contributed by atoms with Crippen LogP contribution in [0.1, 0.15) is 36.6 Å². The maximum atomic E-state index is 10.8. The largest absolute Gasteiger partial charge is 0.410 e. The molecule has 1 aliphatic carbocycles. The van der Waals surface area contributed by atoms with Crippen LogP contribution in [0.15, 0.2) is 0 Å². The van der Waals surface area contributed by atoms with Crippen LogP contribution < -0.4 is 10.5 Å². The highest BCUT2D eigenvalue weighted by Gasteiger charge is 2.41. The van der Waals surface area contributed by atoms with Gasteiger partial charge in [-0.2, -0.15) is 0 Å². The van der Waals surface area contributed by atoms with Crippen molar-refractivity contribution in [2.45, 2.75) is 37.4 Å². The number of nitrogens with zero attached hydrogens (tertiary/aromatic N) is 1. The topological polar surface area (TPSA) is 83.7 Å². The Bertz CT molecular complexity index is 506. The number of halogens is 1. The molecule has 110 valence electrons. The second-order valence-electron chi connectivity index (χ2n) is 4.93. The second kappa shape index (κ2) is 5.74. The number of ether oxygens (including phenoxy) is 3. The van der Waals surface area contributed by atoms with Crippen molar-refractivity contribution in [2.24, 2.45) is 5.73 Å². The van der Waals surface area contributed by atoms with Crippen LogP contribution in [0.5, 0.6) is 5.06 Å². The molecule has 0 bridgehead atoms. The predicted molar refractivity (Wildman–Crippen MR) is 80.9 cm³/mol. The molecule has 1 saturated carbocycles. The van der Waals surface area contributed by atoms with E-state index in [0.29, 0.717) is 27.9 Å². The number of carbonyl (C=O) groups excluding carboxylic acids is 1. The van der Waals surface area contributed by atoms with Gasteiger partial charge in [0.1, 0.15) is 5.01 Å². The van der Waals surface area contributed by atoms with Crippen molar-refractivity contribution in [3.8, 4) is 5.06 Å². The molecule has 0 aromatic carbocycles. The molecule has 1 spiro atoms. The summed E-state index contributed by atoms with van der Waals surface area (Å²) in [5.41, 5.74) is 5.04. The fraction of sp³-hybridized carbons (Fsp3) is 0.667. The Morgan fingerprint density at radius 2 is 2.05 bits per heavy atom. The summed E-state index contributed by atoms with van der Waals surface area (Å²) in [6.07, 6.45) is 2.92. The zero-order valence-corrected chi connectivity index (χ0v) is 13.7. The molecular formula is C12H15IN2O4S. The van der Waals surface area contributed by atoms with Crippen LogP contribution in [-0.4, -0.2) is 30.1 Å². The first-order valence-electron chi connectivity index (χ1n) is 6.49. The first kappa shape index (κ1) is 14.5. The quantitative estimate of drug-likeness (QED) is 0.758. The van der Waals surface area contributed by atoms with E-state index >= 15 is 0 Å². The minimum Gasteiger partial charge on any atom is -0.396 e. The molecule has 8 heteroatoms. The van der Waals surface area contributed by atoms with E-state index in [1.807, 2.05) is 0 Å². The minimum atomic E-state index is -0.798. The lowest BCUT2D eigenvalue weighted by molar-refractivity contribution is -0.178. The fourth-order valence-electron chi connectivity index (χ4n) is 2.72. The Morgan fingerprint density at radius 3 is 2.65 bits per heavy atom. The summed E-state index contributed by atoms with van der Waals surface area (Å²) in [4.78, 5) is 15.3. The van der Waals surface area contributed by atoms with Gasteiger partial charge in [0, 0.05) is 18.8 Å². The third kappa shape index (κ3) is 2.92. The lowest BCUT2D eigenvalue weighted by atomic mass is 9.85. The zero-order chi connectivity index (χ0) is 14.2. The van der Waals surface area contributed by atoms with Crippen LogP contribution in [0, 0.1) is 3.70 Å². The number of hydrogen-bond donors (Lipinski definition) is 1. The Labute approximate surface area is 134 Å². The molecule has 1 aromatic heterocycles. The molecule has 2 fully saturated rings. The van der Waals surface area contributed by atoms with Gasteiger partial charge in [0.25, 0.3) is 0 Å². The van der Waals surface area contributed by atoms with E-state index in [0.717, 1.165) is 30.7 Å². The Morgan fingerprint density at radius 1 is 1.40 bits per heavy atom. The highest BCUT2D eigenvalue weighted by molar-refractivity contribution is 14.1. The highest BCUT2D eigenvalue weighted by Crippen LogP contribution is 2.44. The van der Waals surface area contributed by atoms with E-state index in [1.54, 1.807) is 0 Å². The van der Waals surface area contributed by atoms with E-state index in [-0.39, 0.29) is 5.79 Å². The number of hydrogen-bond acceptors (Lipinski definition) is 6. The summed E-state index contributed by atoms with van der Waals surface area (Å²) in [5.74, 6) is 0.0187. The van der Waals surface area contributed by atoms with Gasteiger partial charge >= 0.3 is 6.09 Å². The number of amides is 1. The first-order chi connectivity index (χ1) is 9.58. The maximum absolute atomic E-state index is 10.8. The van der Waals surface area contributed by atoms with Gasteiger partial charge in [0.05, 0.1) is 13.2 Å². The van der Waals surface area contributed by atoms with E-state index in [1.165, 1.54) is 11.3 Å². The maximum Gasteiger partial charge on any atom is 0.410 e. The molecule has 2 aliphatic rings. The standard InChI is InChI=1S/C12H15IN2O4S/c13-8-10(19-11(14)16)20-9(15-8)7-1-3-12(4-2-7)17-5-6-18-12/h7H,1-6H2,(H2,14,16). The molecule has 2 N–H and O–H groups in total. The van der Waals surface area contributed by atoms with E-state index in [4.69, 9.17) is 19.9 Å². The molecule has 1 amide bonds. The number of aromatic nitrogens is 1. The summed E-state index contributed by atoms with van der Waals surface area (Å²) < 4.78 is 17.1. The summed E-state index contributed by atoms with van der Waals surface area (Å²) in [6, 6.07) is 0. The Kier molecular flexibility index (Phi) is 4.16. The van der Waals surface area contributed by atoms with Crippen molar-refractivity contribution in [3.63, 3.8) is 0 Å². The van der Waals surface area contributed by atoms with Crippen LogP contribution in [-0.2, 0) is 9.47 Å². The summed E-state index contributed by atoms with van der Waals surface area (Å²) in [6.45, 7) is 1.38. The molecule has 0 unspecified atom stereocenters. The average molecular weight is 410 g/mol. The lowest BCUT2D eigenvalue weighted by Crippen LogP contribution is -2.34. The lowest BCUT2D eigenvalue weighted by Gasteiger charge is -2.34.